The first-order valence-corrected chi connectivity index (χ1v) is 12.2. The minimum absolute atomic E-state index is 0.247. The minimum Gasteiger partial charge on any atom is -0.491 e. The fourth-order valence-electron chi connectivity index (χ4n) is 2.55. The summed E-state index contributed by atoms with van der Waals surface area (Å²) < 4.78 is 48.2. The molecule has 0 heterocycles. The summed E-state index contributed by atoms with van der Waals surface area (Å²) in [5.41, 5.74) is 0. The van der Waals surface area contributed by atoms with Gasteiger partial charge >= 0.3 is 5.97 Å². The van der Waals surface area contributed by atoms with E-state index in [0.29, 0.717) is 106 Å². The predicted molar refractivity (Wildman–Crippen MR) is 129 cm³/mol. The first-order chi connectivity index (χ1) is 17.3. The van der Waals surface area contributed by atoms with E-state index in [4.69, 9.17) is 42.6 Å². The van der Waals surface area contributed by atoms with E-state index >= 15 is 0 Å². The third-order valence-corrected chi connectivity index (χ3v) is 4.23. The molecule has 1 aromatic carbocycles. The zero-order valence-electron chi connectivity index (χ0n) is 21.0. The van der Waals surface area contributed by atoms with Crippen LogP contribution >= 0.6 is 0 Å². The fraction of sp³-hybridized carbons (Fsp3) is 0.720. The Morgan fingerprint density at radius 2 is 0.914 bits per heavy atom. The second-order valence-electron chi connectivity index (χ2n) is 7.00. The van der Waals surface area contributed by atoms with Crippen molar-refractivity contribution in [3.8, 4) is 5.75 Å². The SMILES string of the molecule is CCOC(=O)CCOCCOCCOCCOCCOCCOCCOCCOc1ccccc1. The third kappa shape index (κ3) is 22.4. The first-order valence-electron chi connectivity index (χ1n) is 12.2. The Bertz CT molecular complexity index is 573. The average Bonchev–Trinajstić information content (AvgIpc) is 2.87. The van der Waals surface area contributed by atoms with Crippen LogP contribution < -0.4 is 4.74 Å². The van der Waals surface area contributed by atoms with Crippen LogP contribution in [0.3, 0.4) is 0 Å². The number of benzene rings is 1. The van der Waals surface area contributed by atoms with Crippen molar-refractivity contribution < 1.29 is 47.4 Å². The van der Waals surface area contributed by atoms with Crippen LogP contribution in [0.25, 0.3) is 0 Å². The third-order valence-electron chi connectivity index (χ3n) is 4.23. The summed E-state index contributed by atoms with van der Waals surface area (Å²) in [5.74, 6) is 0.595. The molecule has 0 aliphatic heterocycles. The van der Waals surface area contributed by atoms with Gasteiger partial charge in [-0.25, -0.2) is 0 Å². The first kappa shape index (κ1) is 31.2. The second kappa shape index (κ2) is 25.3. The Morgan fingerprint density at radius 1 is 0.543 bits per heavy atom. The highest BCUT2D eigenvalue weighted by Crippen LogP contribution is 2.07. The summed E-state index contributed by atoms with van der Waals surface area (Å²) in [4.78, 5) is 11.1. The van der Waals surface area contributed by atoms with Crippen molar-refractivity contribution in [1.29, 1.82) is 0 Å². The van der Waals surface area contributed by atoms with Crippen molar-refractivity contribution in [1.82, 2.24) is 0 Å². The molecule has 1 rings (SSSR count). The van der Waals surface area contributed by atoms with Gasteiger partial charge in [-0.1, -0.05) is 18.2 Å². The van der Waals surface area contributed by atoms with Gasteiger partial charge in [0.2, 0.25) is 0 Å². The molecule has 0 spiro atoms. The van der Waals surface area contributed by atoms with Crippen molar-refractivity contribution in [2.24, 2.45) is 0 Å². The standard InChI is InChI=1S/C25H42O10/c1-2-34-25(26)8-9-27-10-11-28-12-13-29-14-15-30-16-17-31-18-19-32-20-21-33-22-23-35-24-6-4-3-5-7-24/h3-7H,2,8-23H2,1H3. The summed E-state index contributed by atoms with van der Waals surface area (Å²) in [7, 11) is 0. The molecule has 35 heavy (non-hydrogen) atoms. The Morgan fingerprint density at radius 3 is 1.31 bits per heavy atom. The molecule has 10 heteroatoms. The number of carbonyl (C=O) groups excluding carboxylic acids is 1. The van der Waals surface area contributed by atoms with Crippen molar-refractivity contribution >= 4 is 5.97 Å². The number of ether oxygens (including phenoxy) is 9. The lowest BCUT2D eigenvalue weighted by molar-refractivity contribution is -0.144. The molecule has 10 nitrogen and oxygen atoms in total. The molecule has 0 saturated carbocycles. The minimum atomic E-state index is -0.247. The molecule has 0 aliphatic carbocycles. The highest BCUT2D eigenvalue weighted by atomic mass is 16.6. The normalized spacial score (nSPS) is 11.0. The molecule has 0 saturated heterocycles. The van der Waals surface area contributed by atoms with E-state index < -0.39 is 0 Å². The summed E-state index contributed by atoms with van der Waals surface area (Å²) >= 11 is 0. The van der Waals surface area contributed by atoms with Crippen LogP contribution in [0.1, 0.15) is 13.3 Å². The molecule has 0 atom stereocenters. The fourth-order valence-corrected chi connectivity index (χ4v) is 2.55. The van der Waals surface area contributed by atoms with E-state index in [9.17, 15) is 4.79 Å². The smallest absolute Gasteiger partial charge is 0.308 e. The Labute approximate surface area is 209 Å². The van der Waals surface area contributed by atoms with Gasteiger partial charge < -0.3 is 42.6 Å². The zero-order chi connectivity index (χ0) is 25.1. The predicted octanol–water partition coefficient (Wildman–Crippen LogP) is 2.13. The van der Waals surface area contributed by atoms with Gasteiger partial charge in [0, 0.05) is 0 Å². The molecule has 202 valence electrons. The highest BCUT2D eigenvalue weighted by Gasteiger charge is 2.00. The number of hydrogen-bond donors (Lipinski definition) is 0. The molecule has 0 unspecified atom stereocenters. The molecule has 0 N–H and O–H groups in total. The van der Waals surface area contributed by atoms with Crippen LogP contribution in [0.2, 0.25) is 0 Å². The van der Waals surface area contributed by atoms with Gasteiger partial charge in [-0.15, -0.1) is 0 Å². The highest BCUT2D eigenvalue weighted by molar-refractivity contribution is 5.69. The number of esters is 1. The van der Waals surface area contributed by atoms with Gasteiger partial charge in [-0.3, -0.25) is 4.79 Å². The molecule has 0 aromatic heterocycles. The van der Waals surface area contributed by atoms with Crippen molar-refractivity contribution in [3.05, 3.63) is 30.3 Å². The van der Waals surface area contributed by atoms with Gasteiger partial charge in [0.15, 0.2) is 0 Å². The van der Waals surface area contributed by atoms with Crippen molar-refractivity contribution in [3.63, 3.8) is 0 Å². The molecule has 0 radical (unpaired) electrons. The Hall–Kier alpha value is -1.79. The van der Waals surface area contributed by atoms with E-state index in [0.717, 1.165) is 5.75 Å². The lowest BCUT2D eigenvalue weighted by atomic mass is 10.3. The van der Waals surface area contributed by atoms with Gasteiger partial charge in [0.05, 0.1) is 106 Å². The topological polar surface area (TPSA) is 100 Å². The summed E-state index contributed by atoms with van der Waals surface area (Å²) in [6.45, 7) is 9.52. The maximum atomic E-state index is 11.1. The molecular formula is C25H42O10. The van der Waals surface area contributed by atoms with E-state index in [-0.39, 0.29) is 12.4 Å². The van der Waals surface area contributed by atoms with Crippen LogP contribution in [0, 0.1) is 0 Å². The van der Waals surface area contributed by atoms with Gasteiger partial charge in [0.1, 0.15) is 12.4 Å². The molecule has 0 amide bonds. The van der Waals surface area contributed by atoms with Gasteiger partial charge in [0.25, 0.3) is 0 Å². The van der Waals surface area contributed by atoms with E-state index in [2.05, 4.69) is 0 Å². The van der Waals surface area contributed by atoms with E-state index in [1.54, 1.807) is 6.92 Å². The summed E-state index contributed by atoms with van der Waals surface area (Å²) in [6, 6.07) is 9.65. The van der Waals surface area contributed by atoms with Crippen LogP contribution in [0.5, 0.6) is 5.75 Å². The number of rotatable bonds is 26. The monoisotopic (exact) mass is 502 g/mol. The largest absolute Gasteiger partial charge is 0.491 e. The van der Waals surface area contributed by atoms with Crippen molar-refractivity contribution in [2.75, 3.05) is 106 Å². The molecule has 0 bridgehead atoms. The molecule has 0 fully saturated rings. The van der Waals surface area contributed by atoms with Crippen LogP contribution in [-0.2, 0) is 42.7 Å². The summed E-state index contributed by atoms with van der Waals surface area (Å²) in [6.07, 6.45) is 0.262. The summed E-state index contributed by atoms with van der Waals surface area (Å²) in [5, 5.41) is 0. The van der Waals surface area contributed by atoms with E-state index in [1.165, 1.54) is 0 Å². The maximum Gasteiger partial charge on any atom is 0.308 e. The molecular weight excluding hydrogens is 460 g/mol. The quantitative estimate of drug-likeness (QED) is 0.138. The van der Waals surface area contributed by atoms with Crippen LogP contribution in [-0.4, -0.2) is 112 Å². The lowest BCUT2D eigenvalue weighted by Gasteiger charge is -2.09. The van der Waals surface area contributed by atoms with E-state index in [1.807, 2.05) is 30.3 Å². The van der Waals surface area contributed by atoms with Crippen molar-refractivity contribution in [2.45, 2.75) is 13.3 Å². The Kier molecular flexibility index (Phi) is 22.6. The van der Waals surface area contributed by atoms with Gasteiger partial charge in [-0.2, -0.15) is 0 Å². The number of para-hydroxylation sites is 1. The zero-order valence-corrected chi connectivity index (χ0v) is 21.0. The number of hydrogen-bond acceptors (Lipinski definition) is 10. The Balaban J connectivity index is 1.65. The second-order valence-corrected chi connectivity index (χ2v) is 7.00. The van der Waals surface area contributed by atoms with Crippen LogP contribution in [0.15, 0.2) is 30.3 Å². The average molecular weight is 503 g/mol. The lowest BCUT2D eigenvalue weighted by Crippen LogP contribution is -2.15. The van der Waals surface area contributed by atoms with Crippen LogP contribution in [0.4, 0.5) is 0 Å². The molecule has 0 aliphatic rings. The number of carbonyl (C=O) groups is 1. The maximum absolute atomic E-state index is 11.1. The molecule has 1 aromatic rings. The van der Waals surface area contributed by atoms with Gasteiger partial charge in [-0.05, 0) is 19.1 Å².